The van der Waals surface area contributed by atoms with Gasteiger partial charge in [-0.25, -0.2) is 4.79 Å². The zero-order valence-corrected chi connectivity index (χ0v) is 10.0. The van der Waals surface area contributed by atoms with Crippen LogP contribution in [0, 0.1) is 13.8 Å². The highest BCUT2D eigenvalue weighted by atomic mass is 16.5. The SMILES string of the molecule is Cc1noc(C)c1Cn1ccc(=O)c(C(=O)O)c1. The summed E-state index contributed by atoms with van der Waals surface area (Å²) in [7, 11) is 0. The summed E-state index contributed by atoms with van der Waals surface area (Å²) in [5.74, 6) is -0.545. The van der Waals surface area contributed by atoms with Crippen molar-refractivity contribution in [2.75, 3.05) is 0 Å². The number of carbonyl (C=O) groups is 1. The number of aromatic carboxylic acids is 1. The Labute approximate surface area is 102 Å². The van der Waals surface area contributed by atoms with Crippen molar-refractivity contribution in [3.63, 3.8) is 0 Å². The summed E-state index contributed by atoms with van der Waals surface area (Å²) in [4.78, 5) is 22.2. The van der Waals surface area contributed by atoms with Gasteiger partial charge in [-0.1, -0.05) is 5.16 Å². The Morgan fingerprint density at radius 1 is 1.50 bits per heavy atom. The first-order valence-electron chi connectivity index (χ1n) is 5.34. The van der Waals surface area contributed by atoms with Gasteiger partial charge in [-0.15, -0.1) is 0 Å². The normalized spacial score (nSPS) is 10.6. The van der Waals surface area contributed by atoms with Crippen LogP contribution in [-0.2, 0) is 6.54 Å². The molecule has 0 aromatic carbocycles. The molecule has 2 heterocycles. The molecule has 2 rings (SSSR count). The van der Waals surface area contributed by atoms with Gasteiger partial charge in [0.25, 0.3) is 0 Å². The van der Waals surface area contributed by atoms with Crippen molar-refractivity contribution in [3.8, 4) is 0 Å². The molecule has 0 saturated heterocycles. The first-order valence-corrected chi connectivity index (χ1v) is 5.34. The maximum Gasteiger partial charge on any atom is 0.341 e. The van der Waals surface area contributed by atoms with Crippen molar-refractivity contribution in [2.45, 2.75) is 20.4 Å². The van der Waals surface area contributed by atoms with Crippen LogP contribution < -0.4 is 5.43 Å². The predicted octanol–water partition coefficient (Wildman–Crippen LogP) is 1.20. The number of nitrogens with zero attached hydrogens (tertiary/aromatic N) is 2. The molecule has 18 heavy (non-hydrogen) atoms. The lowest BCUT2D eigenvalue weighted by Gasteiger charge is -2.06. The molecule has 6 heteroatoms. The highest BCUT2D eigenvalue weighted by Crippen LogP contribution is 2.13. The van der Waals surface area contributed by atoms with Gasteiger partial charge in [-0.2, -0.15) is 0 Å². The number of hydrogen-bond acceptors (Lipinski definition) is 4. The van der Waals surface area contributed by atoms with Gasteiger partial charge in [0, 0.05) is 24.0 Å². The maximum atomic E-state index is 11.3. The molecule has 94 valence electrons. The third-order valence-electron chi connectivity index (χ3n) is 2.73. The lowest BCUT2D eigenvalue weighted by atomic mass is 10.2. The molecule has 0 bridgehead atoms. The van der Waals surface area contributed by atoms with E-state index in [1.807, 2.05) is 6.92 Å². The number of rotatable bonds is 3. The zero-order valence-electron chi connectivity index (χ0n) is 10.0. The maximum absolute atomic E-state index is 11.3. The highest BCUT2D eigenvalue weighted by molar-refractivity contribution is 5.86. The summed E-state index contributed by atoms with van der Waals surface area (Å²) in [6, 6.07) is 1.24. The van der Waals surface area contributed by atoms with E-state index in [1.54, 1.807) is 17.7 Å². The molecule has 6 nitrogen and oxygen atoms in total. The first-order chi connectivity index (χ1) is 8.49. The van der Waals surface area contributed by atoms with Gasteiger partial charge in [-0.3, -0.25) is 4.79 Å². The topological polar surface area (TPSA) is 85.3 Å². The van der Waals surface area contributed by atoms with E-state index < -0.39 is 11.4 Å². The van der Waals surface area contributed by atoms with Gasteiger partial charge in [0.05, 0.1) is 12.2 Å². The smallest absolute Gasteiger partial charge is 0.341 e. The van der Waals surface area contributed by atoms with Crippen LogP contribution in [0.4, 0.5) is 0 Å². The Morgan fingerprint density at radius 3 is 2.78 bits per heavy atom. The van der Waals surface area contributed by atoms with E-state index in [0.717, 1.165) is 11.3 Å². The van der Waals surface area contributed by atoms with Crippen LogP contribution in [0.3, 0.4) is 0 Å². The molecular weight excluding hydrogens is 236 g/mol. The van der Waals surface area contributed by atoms with Gasteiger partial charge >= 0.3 is 5.97 Å². The van der Waals surface area contributed by atoms with Crippen molar-refractivity contribution in [1.82, 2.24) is 9.72 Å². The van der Waals surface area contributed by atoms with Crippen molar-refractivity contribution >= 4 is 5.97 Å². The fourth-order valence-corrected chi connectivity index (χ4v) is 1.69. The monoisotopic (exact) mass is 248 g/mol. The van der Waals surface area contributed by atoms with Gasteiger partial charge in [0.2, 0.25) is 0 Å². The van der Waals surface area contributed by atoms with Crippen molar-refractivity contribution < 1.29 is 14.4 Å². The second-order valence-corrected chi connectivity index (χ2v) is 4.00. The van der Waals surface area contributed by atoms with E-state index >= 15 is 0 Å². The molecule has 0 aliphatic carbocycles. The van der Waals surface area contributed by atoms with Gasteiger partial charge in [-0.05, 0) is 13.8 Å². The van der Waals surface area contributed by atoms with Crippen molar-refractivity contribution in [1.29, 1.82) is 0 Å². The Hall–Kier alpha value is -2.37. The third-order valence-corrected chi connectivity index (χ3v) is 2.73. The van der Waals surface area contributed by atoms with E-state index in [0.29, 0.717) is 12.3 Å². The molecule has 0 amide bonds. The highest BCUT2D eigenvalue weighted by Gasteiger charge is 2.12. The predicted molar refractivity (Wildman–Crippen MR) is 62.7 cm³/mol. The van der Waals surface area contributed by atoms with E-state index in [-0.39, 0.29) is 5.56 Å². The Morgan fingerprint density at radius 2 is 2.22 bits per heavy atom. The largest absolute Gasteiger partial charge is 0.477 e. The molecule has 0 fully saturated rings. The second kappa shape index (κ2) is 4.48. The fourth-order valence-electron chi connectivity index (χ4n) is 1.69. The number of hydrogen-bond donors (Lipinski definition) is 1. The van der Waals surface area contributed by atoms with Gasteiger partial charge in [0.15, 0.2) is 5.43 Å². The van der Waals surface area contributed by atoms with Gasteiger partial charge in [0.1, 0.15) is 11.3 Å². The summed E-state index contributed by atoms with van der Waals surface area (Å²) >= 11 is 0. The molecule has 0 aliphatic rings. The Balaban J connectivity index is 2.39. The number of aryl methyl sites for hydroxylation is 2. The van der Waals surface area contributed by atoms with Gasteiger partial charge < -0.3 is 14.2 Å². The zero-order chi connectivity index (χ0) is 13.3. The number of aromatic nitrogens is 2. The molecule has 0 spiro atoms. The summed E-state index contributed by atoms with van der Waals surface area (Å²) in [6.45, 7) is 4.02. The summed E-state index contributed by atoms with van der Waals surface area (Å²) in [6.07, 6.45) is 2.86. The lowest BCUT2D eigenvalue weighted by molar-refractivity contribution is 0.0694. The molecule has 0 unspecified atom stereocenters. The molecular formula is C12H12N2O4. The quantitative estimate of drug-likeness (QED) is 0.882. The second-order valence-electron chi connectivity index (χ2n) is 4.00. The molecule has 0 radical (unpaired) electrons. The summed E-state index contributed by atoms with van der Waals surface area (Å²) in [5.41, 5.74) is 0.889. The minimum absolute atomic E-state index is 0.246. The molecule has 0 saturated carbocycles. The standard InChI is InChI=1S/C12H12N2O4/c1-7-9(8(2)18-13-7)5-14-4-3-11(15)10(6-14)12(16)17/h3-4,6H,5H2,1-2H3,(H,16,17). The minimum Gasteiger partial charge on any atom is -0.477 e. The van der Waals surface area contributed by atoms with Crippen LogP contribution in [0.15, 0.2) is 27.8 Å². The van der Waals surface area contributed by atoms with Crippen LogP contribution in [0.2, 0.25) is 0 Å². The van der Waals surface area contributed by atoms with Crippen molar-refractivity contribution in [3.05, 3.63) is 51.3 Å². The minimum atomic E-state index is -1.23. The molecule has 0 atom stereocenters. The van der Waals surface area contributed by atoms with Crippen LogP contribution in [0.5, 0.6) is 0 Å². The first kappa shape index (κ1) is 12.1. The summed E-state index contributed by atoms with van der Waals surface area (Å²) < 4.78 is 6.65. The number of carboxylic acid groups (broad SMARTS) is 1. The van der Waals surface area contributed by atoms with Crippen LogP contribution in [-0.4, -0.2) is 20.8 Å². The van der Waals surface area contributed by atoms with Crippen LogP contribution >= 0.6 is 0 Å². The molecule has 2 aromatic rings. The number of carboxylic acids is 1. The van der Waals surface area contributed by atoms with Crippen molar-refractivity contribution in [2.24, 2.45) is 0 Å². The molecule has 1 N–H and O–H groups in total. The van der Waals surface area contributed by atoms with E-state index in [1.165, 1.54) is 12.3 Å². The Bertz CT molecular complexity index is 635. The van der Waals surface area contributed by atoms with E-state index in [2.05, 4.69) is 5.16 Å². The summed E-state index contributed by atoms with van der Waals surface area (Å²) in [5, 5.41) is 12.7. The molecule has 0 aliphatic heterocycles. The molecule has 2 aromatic heterocycles. The van der Waals surface area contributed by atoms with Crippen LogP contribution in [0.25, 0.3) is 0 Å². The number of pyridine rings is 1. The van der Waals surface area contributed by atoms with E-state index in [4.69, 9.17) is 9.63 Å². The average Bonchev–Trinajstić information content (AvgIpc) is 2.63. The van der Waals surface area contributed by atoms with E-state index in [9.17, 15) is 9.59 Å². The van der Waals surface area contributed by atoms with Crippen LogP contribution in [0.1, 0.15) is 27.4 Å². The average molecular weight is 248 g/mol. The lowest BCUT2D eigenvalue weighted by Crippen LogP contribution is -2.17. The Kier molecular flexibility index (Phi) is 3.01. The third kappa shape index (κ3) is 2.17. The fraction of sp³-hybridized carbons (Fsp3) is 0.250.